The minimum atomic E-state index is -0.840. The molecular formula is C19H19BrN4O4. The fraction of sp³-hybridized carbons (Fsp3) is 0.263. The zero-order chi connectivity index (χ0) is 20.1. The summed E-state index contributed by atoms with van der Waals surface area (Å²) in [5, 5.41) is 0. The van der Waals surface area contributed by atoms with Gasteiger partial charge in [-0.25, -0.2) is 10.3 Å². The molecule has 1 aliphatic heterocycles. The molecule has 1 aliphatic rings. The number of nitrogens with one attached hydrogen (secondary N) is 2. The standard InChI is InChI=1S/C19H19BrN4O4/c1-2-7-28-15-5-3-14(4-6-15)24-17(25)9-16(19(24)27)22-23-18(26)12-8-13(20)11-21-10-12/h3-6,8,10-11,16,22H,2,7,9H2,1H3,(H,23,26)/t16-/m0/s1. The third-order valence-electron chi connectivity index (χ3n) is 4.04. The predicted octanol–water partition coefficient (Wildman–Crippen LogP) is 2.20. The van der Waals surface area contributed by atoms with E-state index in [1.54, 1.807) is 36.5 Å². The van der Waals surface area contributed by atoms with Crippen molar-refractivity contribution in [2.24, 2.45) is 0 Å². The lowest BCUT2D eigenvalue weighted by Crippen LogP contribution is -2.48. The van der Waals surface area contributed by atoms with Gasteiger partial charge in [-0.05, 0) is 52.7 Å². The van der Waals surface area contributed by atoms with Gasteiger partial charge in [0.1, 0.15) is 11.8 Å². The summed E-state index contributed by atoms with van der Waals surface area (Å²) in [6.07, 6.45) is 3.79. The van der Waals surface area contributed by atoms with Crippen LogP contribution in [0.3, 0.4) is 0 Å². The van der Waals surface area contributed by atoms with Crippen LogP contribution in [0.1, 0.15) is 30.1 Å². The highest BCUT2D eigenvalue weighted by atomic mass is 79.9. The van der Waals surface area contributed by atoms with Crippen molar-refractivity contribution in [2.45, 2.75) is 25.8 Å². The molecule has 1 aromatic heterocycles. The maximum atomic E-state index is 12.6. The second-order valence-corrected chi connectivity index (χ2v) is 7.07. The first-order valence-corrected chi connectivity index (χ1v) is 9.55. The molecule has 2 N–H and O–H groups in total. The third-order valence-corrected chi connectivity index (χ3v) is 4.48. The summed E-state index contributed by atoms with van der Waals surface area (Å²) in [6.45, 7) is 2.61. The lowest BCUT2D eigenvalue weighted by Gasteiger charge is -2.16. The van der Waals surface area contributed by atoms with Crippen LogP contribution in [0.2, 0.25) is 0 Å². The Morgan fingerprint density at radius 3 is 2.71 bits per heavy atom. The molecule has 1 aromatic carbocycles. The van der Waals surface area contributed by atoms with Gasteiger partial charge in [-0.1, -0.05) is 6.92 Å². The topological polar surface area (TPSA) is 101 Å². The summed E-state index contributed by atoms with van der Waals surface area (Å²) in [4.78, 5) is 42.1. The number of hydrogen-bond acceptors (Lipinski definition) is 6. The van der Waals surface area contributed by atoms with E-state index in [1.165, 1.54) is 6.20 Å². The molecule has 1 atom stereocenters. The van der Waals surface area contributed by atoms with E-state index in [1.807, 2.05) is 6.92 Å². The average molecular weight is 447 g/mol. The number of carbonyl (C=O) groups excluding carboxylic acids is 3. The van der Waals surface area contributed by atoms with Crippen molar-refractivity contribution in [3.05, 3.63) is 52.8 Å². The first kappa shape index (κ1) is 20.0. The third kappa shape index (κ3) is 4.55. The number of carbonyl (C=O) groups is 3. The highest BCUT2D eigenvalue weighted by Gasteiger charge is 2.39. The Kier molecular flexibility index (Phi) is 6.37. The van der Waals surface area contributed by atoms with Crippen molar-refractivity contribution in [3.63, 3.8) is 0 Å². The number of anilines is 1. The smallest absolute Gasteiger partial charge is 0.266 e. The van der Waals surface area contributed by atoms with Crippen LogP contribution in [0.15, 0.2) is 47.2 Å². The summed E-state index contributed by atoms with van der Waals surface area (Å²) in [5.74, 6) is -0.554. The monoisotopic (exact) mass is 446 g/mol. The van der Waals surface area contributed by atoms with Gasteiger partial charge in [0.2, 0.25) is 5.91 Å². The molecule has 2 heterocycles. The lowest BCUT2D eigenvalue weighted by molar-refractivity contribution is -0.121. The highest BCUT2D eigenvalue weighted by molar-refractivity contribution is 9.10. The van der Waals surface area contributed by atoms with Crippen molar-refractivity contribution >= 4 is 39.3 Å². The second kappa shape index (κ2) is 8.94. The average Bonchev–Trinajstić information content (AvgIpc) is 2.98. The Morgan fingerprint density at radius 1 is 1.29 bits per heavy atom. The number of halogens is 1. The number of nitrogens with zero attached hydrogens (tertiary/aromatic N) is 2. The Balaban J connectivity index is 1.62. The first-order valence-electron chi connectivity index (χ1n) is 8.75. The molecule has 0 saturated carbocycles. The van der Waals surface area contributed by atoms with Crippen LogP contribution in [0.25, 0.3) is 0 Å². The number of pyridine rings is 1. The van der Waals surface area contributed by atoms with E-state index in [0.29, 0.717) is 28.1 Å². The minimum absolute atomic E-state index is 0.0517. The molecule has 0 aliphatic carbocycles. The summed E-state index contributed by atoms with van der Waals surface area (Å²) < 4.78 is 6.16. The molecule has 28 heavy (non-hydrogen) atoms. The largest absolute Gasteiger partial charge is 0.494 e. The van der Waals surface area contributed by atoms with Gasteiger partial charge in [0.05, 0.1) is 24.3 Å². The van der Waals surface area contributed by atoms with E-state index in [9.17, 15) is 14.4 Å². The van der Waals surface area contributed by atoms with Crippen molar-refractivity contribution in [3.8, 4) is 5.75 Å². The van der Waals surface area contributed by atoms with Crippen molar-refractivity contribution in [1.29, 1.82) is 0 Å². The molecule has 0 spiro atoms. The molecule has 1 fully saturated rings. The molecule has 3 amide bonds. The normalized spacial score (nSPS) is 16.4. The second-order valence-electron chi connectivity index (χ2n) is 6.16. The molecular weight excluding hydrogens is 428 g/mol. The van der Waals surface area contributed by atoms with Gasteiger partial charge < -0.3 is 4.74 Å². The highest BCUT2D eigenvalue weighted by Crippen LogP contribution is 2.25. The van der Waals surface area contributed by atoms with Crippen LogP contribution < -0.4 is 20.5 Å². The Labute approximate surface area is 170 Å². The minimum Gasteiger partial charge on any atom is -0.494 e. The zero-order valence-electron chi connectivity index (χ0n) is 15.1. The predicted molar refractivity (Wildman–Crippen MR) is 106 cm³/mol. The Hall–Kier alpha value is -2.78. The van der Waals surface area contributed by atoms with Gasteiger partial charge in [0, 0.05) is 16.9 Å². The molecule has 9 heteroatoms. The van der Waals surface area contributed by atoms with Crippen LogP contribution in [-0.4, -0.2) is 35.4 Å². The zero-order valence-corrected chi connectivity index (χ0v) is 16.7. The number of imide groups is 1. The van der Waals surface area contributed by atoms with E-state index in [2.05, 4.69) is 31.8 Å². The van der Waals surface area contributed by atoms with Crippen LogP contribution in [0.5, 0.6) is 5.75 Å². The van der Waals surface area contributed by atoms with E-state index in [0.717, 1.165) is 11.3 Å². The SMILES string of the molecule is CCCOc1ccc(N2C(=O)C[C@H](NNC(=O)c3cncc(Br)c3)C2=O)cc1. The molecule has 0 bridgehead atoms. The molecule has 0 radical (unpaired) electrons. The van der Waals surface area contributed by atoms with Gasteiger partial charge in [0.25, 0.3) is 11.8 Å². The van der Waals surface area contributed by atoms with E-state index < -0.39 is 17.9 Å². The Bertz CT molecular complexity index is 888. The summed E-state index contributed by atoms with van der Waals surface area (Å²) in [5.41, 5.74) is 5.87. The van der Waals surface area contributed by atoms with E-state index >= 15 is 0 Å². The van der Waals surface area contributed by atoms with Crippen LogP contribution in [0, 0.1) is 0 Å². The summed E-state index contributed by atoms with van der Waals surface area (Å²) in [6, 6.07) is 7.51. The number of hydrazine groups is 1. The van der Waals surface area contributed by atoms with Gasteiger partial charge in [-0.15, -0.1) is 0 Å². The van der Waals surface area contributed by atoms with E-state index in [-0.39, 0.29) is 12.3 Å². The van der Waals surface area contributed by atoms with Gasteiger partial charge >= 0.3 is 0 Å². The molecule has 1 saturated heterocycles. The fourth-order valence-corrected chi connectivity index (χ4v) is 3.05. The molecule has 3 rings (SSSR count). The molecule has 2 aromatic rings. The number of aromatic nitrogens is 1. The summed E-state index contributed by atoms with van der Waals surface area (Å²) in [7, 11) is 0. The van der Waals surface area contributed by atoms with Crippen molar-refractivity contribution < 1.29 is 19.1 Å². The number of benzene rings is 1. The first-order chi connectivity index (χ1) is 13.5. The number of ether oxygens (including phenoxy) is 1. The molecule has 0 unspecified atom stereocenters. The van der Waals surface area contributed by atoms with Gasteiger partial charge in [-0.3, -0.25) is 24.8 Å². The van der Waals surface area contributed by atoms with Gasteiger partial charge in [0.15, 0.2) is 0 Å². The lowest BCUT2D eigenvalue weighted by atomic mass is 10.2. The van der Waals surface area contributed by atoms with Crippen LogP contribution in [-0.2, 0) is 9.59 Å². The van der Waals surface area contributed by atoms with Crippen LogP contribution in [0.4, 0.5) is 5.69 Å². The number of rotatable bonds is 7. The number of hydrogen-bond donors (Lipinski definition) is 2. The quantitative estimate of drug-likeness (QED) is 0.499. The fourth-order valence-electron chi connectivity index (χ4n) is 2.69. The number of amides is 3. The summed E-state index contributed by atoms with van der Waals surface area (Å²) >= 11 is 3.24. The van der Waals surface area contributed by atoms with Gasteiger partial charge in [-0.2, -0.15) is 0 Å². The molecule has 8 nitrogen and oxygen atoms in total. The van der Waals surface area contributed by atoms with Crippen molar-refractivity contribution in [2.75, 3.05) is 11.5 Å². The van der Waals surface area contributed by atoms with Crippen molar-refractivity contribution in [1.82, 2.24) is 15.8 Å². The maximum Gasteiger partial charge on any atom is 0.266 e. The molecule has 146 valence electrons. The van der Waals surface area contributed by atoms with Crippen LogP contribution >= 0.6 is 15.9 Å². The Morgan fingerprint density at radius 2 is 2.04 bits per heavy atom. The van der Waals surface area contributed by atoms with E-state index in [4.69, 9.17) is 4.74 Å². The maximum absolute atomic E-state index is 12.6.